The molecule has 0 radical (unpaired) electrons. The molecular formula is C23H30N2O2. The molecule has 1 unspecified atom stereocenters. The third-order valence-electron chi connectivity index (χ3n) is 5.37. The van der Waals surface area contributed by atoms with Crippen LogP contribution in [0.25, 0.3) is 0 Å². The number of anilines is 1. The van der Waals surface area contributed by atoms with Gasteiger partial charge in [-0.15, -0.1) is 0 Å². The van der Waals surface area contributed by atoms with Gasteiger partial charge in [0, 0.05) is 25.6 Å². The Balaban J connectivity index is 1.61. The van der Waals surface area contributed by atoms with Crippen molar-refractivity contribution in [3.05, 3.63) is 60.2 Å². The summed E-state index contributed by atoms with van der Waals surface area (Å²) in [5.41, 5.74) is 2.12. The first kappa shape index (κ1) is 19.3. The van der Waals surface area contributed by atoms with E-state index in [-0.39, 0.29) is 17.4 Å². The lowest BCUT2D eigenvalue weighted by Gasteiger charge is -2.36. The molecule has 27 heavy (non-hydrogen) atoms. The normalized spacial score (nSPS) is 17.4. The van der Waals surface area contributed by atoms with E-state index in [0.29, 0.717) is 6.42 Å². The van der Waals surface area contributed by atoms with Gasteiger partial charge in [0.15, 0.2) is 0 Å². The number of para-hydroxylation sites is 2. The van der Waals surface area contributed by atoms with Crippen molar-refractivity contribution >= 4 is 11.6 Å². The first-order valence-corrected chi connectivity index (χ1v) is 9.72. The van der Waals surface area contributed by atoms with Crippen LogP contribution in [0.15, 0.2) is 54.6 Å². The maximum Gasteiger partial charge on any atom is 0.221 e. The molecule has 1 saturated heterocycles. The zero-order valence-electron chi connectivity index (χ0n) is 16.6. The van der Waals surface area contributed by atoms with Gasteiger partial charge in [-0.2, -0.15) is 0 Å². The zero-order chi connectivity index (χ0) is 19.3. The van der Waals surface area contributed by atoms with Crippen LogP contribution in [0.3, 0.4) is 0 Å². The van der Waals surface area contributed by atoms with Crippen molar-refractivity contribution in [3.8, 4) is 5.75 Å². The highest BCUT2D eigenvalue weighted by molar-refractivity contribution is 5.78. The van der Waals surface area contributed by atoms with Gasteiger partial charge in [-0.05, 0) is 36.0 Å². The largest absolute Gasteiger partial charge is 0.495 e. The Morgan fingerprint density at radius 2 is 1.85 bits per heavy atom. The van der Waals surface area contributed by atoms with E-state index in [0.717, 1.165) is 37.4 Å². The van der Waals surface area contributed by atoms with Gasteiger partial charge in [0.2, 0.25) is 5.91 Å². The number of nitrogens with zero attached hydrogens (tertiary/aromatic N) is 1. The topological polar surface area (TPSA) is 41.6 Å². The molecule has 2 aromatic rings. The summed E-state index contributed by atoms with van der Waals surface area (Å²) in [7, 11) is 1.70. The van der Waals surface area contributed by atoms with Crippen LogP contribution >= 0.6 is 0 Å². The number of methoxy groups -OCH3 is 1. The van der Waals surface area contributed by atoms with E-state index in [9.17, 15) is 4.79 Å². The summed E-state index contributed by atoms with van der Waals surface area (Å²) >= 11 is 0. The summed E-state index contributed by atoms with van der Waals surface area (Å²) in [6.07, 6.45) is 2.57. The maximum atomic E-state index is 12.7. The Kier molecular flexibility index (Phi) is 6.04. The molecule has 1 fully saturated rings. The Bertz CT molecular complexity index is 758. The molecular weight excluding hydrogens is 336 g/mol. The Hall–Kier alpha value is -2.49. The van der Waals surface area contributed by atoms with Crippen molar-refractivity contribution in [1.82, 2.24) is 5.32 Å². The monoisotopic (exact) mass is 366 g/mol. The van der Waals surface area contributed by atoms with Crippen molar-refractivity contribution in [3.63, 3.8) is 0 Å². The van der Waals surface area contributed by atoms with E-state index < -0.39 is 0 Å². The molecule has 0 spiro atoms. The fourth-order valence-electron chi connectivity index (χ4n) is 3.88. The van der Waals surface area contributed by atoms with Crippen molar-refractivity contribution < 1.29 is 9.53 Å². The summed E-state index contributed by atoms with van der Waals surface area (Å²) in [6, 6.07) is 18.5. The van der Waals surface area contributed by atoms with Crippen LogP contribution in [-0.4, -0.2) is 32.1 Å². The standard InChI is InChI=1S/C23H30N2O2/c1-23(2,18-10-5-4-6-11-18)16-22(26)24-19-12-9-15-25(17-19)20-13-7-8-14-21(20)27-3/h4-8,10-11,13-14,19H,9,12,15-17H2,1-3H3,(H,24,26). The molecule has 1 amide bonds. The fraction of sp³-hybridized carbons (Fsp3) is 0.435. The third kappa shape index (κ3) is 4.82. The molecule has 144 valence electrons. The van der Waals surface area contributed by atoms with Crippen molar-refractivity contribution in [2.24, 2.45) is 0 Å². The molecule has 1 aliphatic rings. The second-order valence-electron chi connectivity index (χ2n) is 7.95. The van der Waals surface area contributed by atoms with Gasteiger partial charge in [0.05, 0.1) is 12.8 Å². The lowest BCUT2D eigenvalue weighted by Crippen LogP contribution is -2.48. The van der Waals surface area contributed by atoms with E-state index in [1.165, 1.54) is 5.56 Å². The molecule has 1 heterocycles. The number of hydrogen-bond acceptors (Lipinski definition) is 3. The van der Waals surface area contributed by atoms with E-state index in [1.54, 1.807) is 7.11 Å². The third-order valence-corrected chi connectivity index (χ3v) is 5.37. The highest BCUT2D eigenvalue weighted by atomic mass is 16.5. The van der Waals surface area contributed by atoms with Crippen LogP contribution < -0.4 is 15.0 Å². The molecule has 0 saturated carbocycles. The van der Waals surface area contributed by atoms with Crippen LogP contribution in [0.4, 0.5) is 5.69 Å². The van der Waals surface area contributed by atoms with Crippen molar-refractivity contribution in [2.75, 3.05) is 25.1 Å². The Morgan fingerprint density at radius 1 is 1.15 bits per heavy atom. The second-order valence-corrected chi connectivity index (χ2v) is 7.95. The van der Waals surface area contributed by atoms with Gasteiger partial charge < -0.3 is 15.0 Å². The van der Waals surface area contributed by atoms with Crippen LogP contribution in [0.5, 0.6) is 5.75 Å². The summed E-state index contributed by atoms with van der Waals surface area (Å²) in [4.78, 5) is 15.0. The minimum atomic E-state index is -0.178. The predicted octanol–water partition coefficient (Wildman–Crippen LogP) is 4.15. The Labute approximate surface area is 162 Å². The van der Waals surface area contributed by atoms with Crippen molar-refractivity contribution in [2.45, 2.75) is 44.6 Å². The number of benzene rings is 2. The number of rotatable bonds is 6. The smallest absolute Gasteiger partial charge is 0.221 e. The number of piperidine rings is 1. The SMILES string of the molecule is COc1ccccc1N1CCCC(NC(=O)CC(C)(C)c2ccccc2)C1. The highest BCUT2D eigenvalue weighted by Crippen LogP contribution is 2.30. The van der Waals surface area contributed by atoms with Gasteiger partial charge in [-0.3, -0.25) is 4.79 Å². The van der Waals surface area contributed by atoms with Gasteiger partial charge in [0.1, 0.15) is 5.75 Å². The van der Waals surface area contributed by atoms with Crippen LogP contribution in [0.1, 0.15) is 38.7 Å². The summed E-state index contributed by atoms with van der Waals surface area (Å²) in [5.74, 6) is 1.01. The van der Waals surface area contributed by atoms with Gasteiger partial charge in [-0.25, -0.2) is 0 Å². The van der Waals surface area contributed by atoms with Gasteiger partial charge in [0.25, 0.3) is 0 Å². The summed E-state index contributed by atoms with van der Waals surface area (Å²) in [5, 5.41) is 3.26. The highest BCUT2D eigenvalue weighted by Gasteiger charge is 2.27. The summed E-state index contributed by atoms with van der Waals surface area (Å²) in [6.45, 7) is 6.06. The van der Waals surface area contributed by atoms with E-state index in [1.807, 2.05) is 36.4 Å². The molecule has 0 bridgehead atoms. The fourth-order valence-corrected chi connectivity index (χ4v) is 3.88. The molecule has 2 aromatic carbocycles. The van der Waals surface area contributed by atoms with Crippen LogP contribution in [0, 0.1) is 0 Å². The predicted molar refractivity (Wildman–Crippen MR) is 110 cm³/mol. The summed E-state index contributed by atoms with van der Waals surface area (Å²) < 4.78 is 5.50. The zero-order valence-corrected chi connectivity index (χ0v) is 16.6. The van der Waals surface area contributed by atoms with Crippen molar-refractivity contribution in [1.29, 1.82) is 0 Å². The van der Waals surface area contributed by atoms with Crippen LogP contribution in [-0.2, 0) is 10.2 Å². The molecule has 0 aliphatic carbocycles. The molecule has 0 aromatic heterocycles. The van der Waals surface area contributed by atoms with E-state index in [2.05, 4.69) is 42.3 Å². The lowest BCUT2D eigenvalue weighted by molar-refractivity contribution is -0.122. The molecule has 1 aliphatic heterocycles. The molecule has 1 N–H and O–H groups in total. The second kappa shape index (κ2) is 8.47. The average molecular weight is 367 g/mol. The average Bonchev–Trinajstić information content (AvgIpc) is 2.68. The number of hydrogen-bond donors (Lipinski definition) is 1. The molecule has 4 nitrogen and oxygen atoms in total. The number of ether oxygens (including phenoxy) is 1. The molecule has 1 atom stereocenters. The quantitative estimate of drug-likeness (QED) is 0.835. The Morgan fingerprint density at radius 3 is 2.59 bits per heavy atom. The number of amides is 1. The molecule has 3 rings (SSSR count). The minimum Gasteiger partial charge on any atom is -0.495 e. The maximum absolute atomic E-state index is 12.7. The molecule has 4 heteroatoms. The van der Waals surface area contributed by atoms with E-state index >= 15 is 0 Å². The van der Waals surface area contributed by atoms with Gasteiger partial charge >= 0.3 is 0 Å². The number of carbonyl (C=O) groups is 1. The number of nitrogens with one attached hydrogen (secondary N) is 1. The number of carbonyl (C=O) groups excluding carboxylic acids is 1. The first-order valence-electron chi connectivity index (χ1n) is 9.72. The lowest BCUT2D eigenvalue weighted by atomic mass is 9.81. The first-order chi connectivity index (χ1) is 13.0. The van der Waals surface area contributed by atoms with Crippen LogP contribution in [0.2, 0.25) is 0 Å². The minimum absolute atomic E-state index is 0.121. The van der Waals surface area contributed by atoms with E-state index in [4.69, 9.17) is 4.74 Å². The van der Waals surface area contributed by atoms with Gasteiger partial charge in [-0.1, -0.05) is 56.3 Å².